The SMILES string of the molecule is COC(=O)NC(Cc1ccccc1)C(=O)Nc1ccc(C(=O)NC(C)(C)C)cc1. The van der Waals surface area contributed by atoms with Crippen molar-refractivity contribution in [1.29, 1.82) is 0 Å². The van der Waals surface area contributed by atoms with E-state index in [9.17, 15) is 14.4 Å². The zero-order chi connectivity index (χ0) is 21.4. The quantitative estimate of drug-likeness (QED) is 0.698. The van der Waals surface area contributed by atoms with Crippen molar-refractivity contribution in [3.63, 3.8) is 0 Å². The number of benzene rings is 2. The highest BCUT2D eigenvalue weighted by Gasteiger charge is 2.22. The summed E-state index contributed by atoms with van der Waals surface area (Å²) in [4.78, 5) is 36.6. The highest BCUT2D eigenvalue weighted by molar-refractivity contribution is 5.98. The number of methoxy groups -OCH3 is 1. The summed E-state index contributed by atoms with van der Waals surface area (Å²) in [6, 6.07) is 15.1. The maximum absolute atomic E-state index is 12.7. The van der Waals surface area contributed by atoms with Gasteiger partial charge in [-0.3, -0.25) is 9.59 Å². The second-order valence-corrected chi connectivity index (χ2v) is 7.65. The second kappa shape index (κ2) is 9.73. The largest absolute Gasteiger partial charge is 0.453 e. The fraction of sp³-hybridized carbons (Fsp3) is 0.318. The Morgan fingerprint density at radius 2 is 1.59 bits per heavy atom. The molecule has 0 fully saturated rings. The van der Waals surface area contributed by atoms with E-state index in [0.717, 1.165) is 5.56 Å². The van der Waals surface area contributed by atoms with Gasteiger partial charge in [0.05, 0.1) is 7.11 Å². The number of nitrogens with one attached hydrogen (secondary N) is 3. The van der Waals surface area contributed by atoms with Gasteiger partial charge in [-0.05, 0) is 50.6 Å². The zero-order valence-corrected chi connectivity index (χ0v) is 17.1. The first-order valence-electron chi connectivity index (χ1n) is 9.30. The molecule has 1 atom stereocenters. The van der Waals surface area contributed by atoms with Crippen molar-refractivity contribution in [3.8, 4) is 0 Å². The summed E-state index contributed by atoms with van der Waals surface area (Å²) >= 11 is 0. The molecule has 1 unspecified atom stereocenters. The van der Waals surface area contributed by atoms with E-state index in [2.05, 4.69) is 20.7 Å². The van der Waals surface area contributed by atoms with Crippen LogP contribution in [-0.2, 0) is 16.0 Å². The van der Waals surface area contributed by atoms with Gasteiger partial charge < -0.3 is 20.7 Å². The highest BCUT2D eigenvalue weighted by atomic mass is 16.5. The summed E-state index contributed by atoms with van der Waals surface area (Å²) in [7, 11) is 1.24. The van der Waals surface area contributed by atoms with E-state index in [1.807, 2.05) is 51.1 Å². The Hall–Kier alpha value is -3.35. The average molecular weight is 397 g/mol. The fourth-order valence-corrected chi connectivity index (χ4v) is 2.61. The lowest BCUT2D eigenvalue weighted by Crippen LogP contribution is -2.45. The minimum absolute atomic E-state index is 0.190. The normalized spacial score (nSPS) is 11.9. The molecular weight excluding hydrogens is 370 g/mol. The Labute approximate surface area is 170 Å². The van der Waals surface area contributed by atoms with Gasteiger partial charge in [-0.1, -0.05) is 30.3 Å². The lowest BCUT2D eigenvalue weighted by molar-refractivity contribution is -0.118. The van der Waals surface area contributed by atoms with Crippen LogP contribution in [0.1, 0.15) is 36.7 Å². The van der Waals surface area contributed by atoms with Crippen LogP contribution in [0.3, 0.4) is 0 Å². The monoisotopic (exact) mass is 397 g/mol. The summed E-state index contributed by atoms with van der Waals surface area (Å²) < 4.78 is 4.63. The molecule has 29 heavy (non-hydrogen) atoms. The van der Waals surface area contributed by atoms with Crippen LogP contribution in [0, 0.1) is 0 Å². The van der Waals surface area contributed by atoms with Gasteiger partial charge in [0, 0.05) is 23.2 Å². The second-order valence-electron chi connectivity index (χ2n) is 7.65. The molecule has 0 aliphatic carbocycles. The minimum Gasteiger partial charge on any atom is -0.453 e. The standard InChI is InChI=1S/C22H27N3O4/c1-22(2,3)25-19(26)16-10-12-17(13-11-16)23-20(27)18(24-21(28)29-4)14-15-8-6-5-7-9-15/h5-13,18H,14H2,1-4H3,(H,23,27)(H,24,28)(H,25,26). The molecule has 2 aromatic rings. The topological polar surface area (TPSA) is 96.5 Å². The first kappa shape index (κ1) is 21.9. The van der Waals surface area contributed by atoms with Gasteiger partial charge in [0.1, 0.15) is 6.04 Å². The molecule has 0 aromatic heterocycles. The maximum Gasteiger partial charge on any atom is 0.407 e. The molecule has 0 bridgehead atoms. The van der Waals surface area contributed by atoms with Gasteiger partial charge in [-0.15, -0.1) is 0 Å². The first-order chi connectivity index (χ1) is 13.7. The number of hydrogen-bond acceptors (Lipinski definition) is 4. The van der Waals surface area contributed by atoms with Crippen LogP contribution in [0.15, 0.2) is 54.6 Å². The average Bonchev–Trinajstić information content (AvgIpc) is 2.67. The summed E-state index contributed by atoms with van der Waals surface area (Å²) in [5.41, 5.74) is 1.57. The third kappa shape index (κ3) is 7.29. The number of amides is 3. The molecule has 0 spiro atoms. The van der Waals surface area contributed by atoms with Crippen molar-refractivity contribution in [2.24, 2.45) is 0 Å². The molecule has 3 amide bonds. The van der Waals surface area contributed by atoms with Gasteiger partial charge in [0.25, 0.3) is 5.91 Å². The molecule has 3 N–H and O–H groups in total. The van der Waals surface area contributed by atoms with Crippen LogP contribution in [0.2, 0.25) is 0 Å². The Morgan fingerprint density at radius 3 is 2.14 bits per heavy atom. The molecule has 7 nitrogen and oxygen atoms in total. The van der Waals surface area contributed by atoms with E-state index < -0.39 is 12.1 Å². The van der Waals surface area contributed by atoms with Crippen LogP contribution in [-0.4, -0.2) is 36.6 Å². The van der Waals surface area contributed by atoms with Crippen molar-refractivity contribution in [2.75, 3.05) is 12.4 Å². The van der Waals surface area contributed by atoms with Gasteiger partial charge in [-0.2, -0.15) is 0 Å². The number of carbonyl (C=O) groups excluding carboxylic acids is 3. The van der Waals surface area contributed by atoms with Crippen LogP contribution >= 0.6 is 0 Å². The number of anilines is 1. The molecule has 0 saturated carbocycles. The Morgan fingerprint density at radius 1 is 0.966 bits per heavy atom. The van der Waals surface area contributed by atoms with Crippen molar-refractivity contribution >= 4 is 23.6 Å². The predicted molar refractivity (Wildman–Crippen MR) is 112 cm³/mol. The van der Waals surface area contributed by atoms with E-state index in [-0.39, 0.29) is 17.4 Å². The van der Waals surface area contributed by atoms with E-state index in [1.165, 1.54) is 7.11 Å². The zero-order valence-electron chi connectivity index (χ0n) is 17.1. The van der Waals surface area contributed by atoms with Crippen LogP contribution in [0.25, 0.3) is 0 Å². The molecule has 2 rings (SSSR count). The van der Waals surface area contributed by atoms with Gasteiger partial charge in [-0.25, -0.2) is 4.79 Å². The molecule has 0 radical (unpaired) electrons. The molecular formula is C22H27N3O4. The van der Waals surface area contributed by atoms with E-state index >= 15 is 0 Å². The summed E-state index contributed by atoms with van der Waals surface area (Å²) in [5.74, 6) is -0.573. The summed E-state index contributed by atoms with van der Waals surface area (Å²) in [5, 5.41) is 8.20. The van der Waals surface area contributed by atoms with Crippen LogP contribution in [0.4, 0.5) is 10.5 Å². The van der Waals surface area contributed by atoms with Crippen molar-refractivity contribution in [1.82, 2.24) is 10.6 Å². The fourth-order valence-electron chi connectivity index (χ4n) is 2.61. The maximum atomic E-state index is 12.7. The lowest BCUT2D eigenvalue weighted by Gasteiger charge is -2.20. The first-order valence-corrected chi connectivity index (χ1v) is 9.30. The molecule has 0 heterocycles. The number of rotatable bonds is 6. The predicted octanol–water partition coefficient (Wildman–Crippen LogP) is 3.12. The van der Waals surface area contributed by atoms with Crippen LogP contribution < -0.4 is 16.0 Å². The molecule has 0 aliphatic heterocycles. The Balaban J connectivity index is 2.07. The van der Waals surface area contributed by atoms with Crippen molar-refractivity contribution in [2.45, 2.75) is 38.8 Å². The molecule has 154 valence electrons. The van der Waals surface area contributed by atoms with Gasteiger partial charge in [0.15, 0.2) is 0 Å². The third-order valence-electron chi connectivity index (χ3n) is 3.98. The van der Waals surface area contributed by atoms with Crippen molar-refractivity contribution in [3.05, 3.63) is 65.7 Å². The van der Waals surface area contributed by atoms with E-state index in [1.54, 1.807) is 24.3 Å². The van der Waals surface area contributed by atoms with Gasteiger partial charge >= 0.3 is 6.09 Å². The Bertz CT molecular complexity index is 843. The third-order valence-corrected chi connectivity index (χ3v) is 3.98. The molecule has 2 aromatic carbocycles. The van der Waals surface area contributed by atoms with E-state index in [0.29, 0.717) is 17.7 Å². The van der Waals surface area contributed by atoms with Gasteiger partial charge in [0.2, 0.25) is 5.91 Å². The number of carbonyl (C=O) groups is 3. The molecule has 0 aliphatic rings. The van der Waals surface area contributed by atoms with E-state index in [4.69, 9.17) is 0 Å². The number of hydrogen-bond donors (Lipinski definition) is 3. The van der Waals surface area contributed by atoms with Crippen molar-refractivity contribution < 1.29 is 19.1 Å². The highest BCUT2D eigenvalue weighted by Crippen LogP contribution is 2.13. The number of ether oxygens (including phenoxy) is 1. The Kier molecular flexibility index (Phi) is 7.36. The number of alkyl carbamates (subject to hydrolysis) is 1. The van der Waals surface area contributed by atoms with Crippen LogP contribution in [0.5, 0.6) is 0 Å². The lowest BCUT2D eigenvalue weighted by atomic mass is 10.1. The molecule has 7 heteroatoms. The smallest absolute Gasteiger partial charge is 0.407 e. The summed E-state index contributed by atoms with van der Waals surface area (Å²) in [6.07, 6.45) is -0.372. The molecule has 0 saturated heterocycles. The minimum atomic E-state index is -0.811. The summed E-state index contributed by atoms with van der Waals surface area (Å²) in [6.45, 7) is 5.71.